The molecule has 0 amide bonds. The quantitative estimate of drug-likeness (QED) is 0.490. The van der Waals surface area contributed by atoms with Crippen LogP contribution in [0.5, 0.6) is 11.5 Å². The van der Waals surface area contributed by atoms with Gasteiger partial charge in [-0.25, -0.2) is 0 Å². The third-order valence-electron chi connectivity index (χ3n) is 3.74. The molecule has 26 heavy (non-hydrogen) atoms. The normalized spacial score (nSPS) is 10.5. The minimum atomic E-state index is -0.419. The molecule has 0 aliphatic rings. The Labute approximate surface area is 150 Å². The molecule has 0 fully saturated rings. The molecule has 1 N–H and O–H groups in total. The highest BCUT2D eigenvalue weighted by molar-refractivity contribution is 5.95. The molecule has 7 heteroatoms. The summed E-state index contributed by atoms with van der Waals surface area (Å²) in [7, 11) is 0. The number of hydrogen-bond donors (Lipinski definition) is 1. The van der Waals surface area contributed by atoms with E-state index in [2.05, 4.69) is 10.3 Å². The topological polar surface area (TPSA) is 86.5 Å². The summed E-state index contributed by atoms with van der Waals surface area (Å²) >= 11 is 0. The first kappa shape index (κ1) is 17.5. The van der Waals surface area contributed by atoms with E-state index in [1.807, 2.05) is 32.0 Å². The minimum absolute atomic E-state index is 0.0296. The Balaban J connectivity index is 2.04. The zero-order valence-corrected chi connectivity index (χ0v) is 14.6. The van der Waals surface area contributed by atoms with Crippen molar-refractivity contribution in [2.45, 2.75) is 13.8 Å². The number of anilines is 2. The SMILES string of the molecule is CCOc1cc2nccc(Nc3cccc([N+](=O)[O-])c3)c2cc1OCC. The molecule has 1 heterocycles. The van der Waals surface area contributed by atoms with Crippen LogP contribution in [0.4, 0.5) is 17.1 Å². The summed E-state index contributed by atoms with van der Waals surface area (Å²) in [5.41, 5.74) is 2.17. The summed E-state index contributed by atoms with van der Waals surface area (Å²) in [5, 5.41) is 15.0. The molecule has 0 aliphatic carbocycles. The number of fused-ring (bicyclic) bond motifs is 1. The Morgan fingerprint density at radius 2 is 1.81 bits per heavy atom. The van der Waals surface area contributed by atoms with Crippen molar-refractivity contribution in [2.24, 2.45) is 0 Å². The minimum Gasteiger partial charge on any atom is -0.490 e. The summed E-state index contributed by atoms with van der Waals surface area (Å²) in [4.78, 5) is 14.9. The van der Waals surface area contributed by atoms with Crippen LogP contribution in [-0.2, 0) is 0 Å². The van der Waals surface area contributed by atoms with Gasteiger partial charge in [0.2, 0.25) is 0 Å². The van der Waals surface area contributed by atoms with E-state index in [0.717, 1.165) is 16.6 Å². The molecule has 0 spiro atoms. The molecule has 134 valence electrons. The van der Waals surface area contributed by atoms with E-state index in [9.17, 15) is 10.1 Å². The van der Waals surface area contributed by atoms with E-state index in [4.69, 9.17) is 9.47 Å². The van der Waals surface area contributed by atoms with Crippen LogP contribution in [0.25, 0.3) is 10.9 Å². The maximum absolute atomic E-state index is 11.0. The number of nitro groups is 1. The zero-order chi connectivity index (χ0) is 18.5. The lowest BCUT2D eigenvalue weighted by molar-refractivity contribution is -0.384. The Hall–Kier alpha value is -3.35. The molecule has 0 aliphatic heterocycles. The first-order valence-corrected chi connectivity index (χ1v) is 8.32. The van der Waals surface area contributed by atoms with Crippen molar-refractivity contribution < 1.29 is 14.4 Å². The average molecular weight is 353 g/mol. The molecule has 0 atom stereocenters. The van der Waals surface area contributed by atoms with Crippen molar-refractivity contribution in [1.82, 2.24) is 4.98 Å². The first-order valence-electron chi connectivity index (χ1n) is 8.32. The number of ether oxygens (including phenoxy) is 2. The van der Waals surface area contributed by atoms with Crippen molar-refractivity contribution in [3.63, 3.8) is 0 Å². The molecule has 1 aromatic heterocycles. The lowest BCUT2D eigenvalue weighted by Crippen LogP contribution is -2.00. The van der Waals surface area contributed by atoms with Crippen molar-refractivity contribution in [1.29, 1.82) is 0 Å². The Kier molecular flexibility index (Phi) is 5.17. The summed E-state index contributed by atoms with van der Waals surface area (Å²) in [5.74, 6) is 1.28. The van der Waals surface area contributed by atoms with Crippen molar-refractivity contribution in [3.8, 4) is 11.5 Å². The third kappa shape index (κ3) is 3.66. The van der Waals surface area contributed by atoms with E-state index in [1.54, 1.807) is 18.3 Å². The van der Waals surface area contributed by atoms with E-state index in [1.165, 1.54) is 12.1 Å². The lowest BCUT2D eigenvalue weighted by Gasteiger charge is -2.14. The maximum atomic E-state index is 11.0. The average Bonchev–Trinajstić information content (AvgIpc) is 2.63. The third-order valence-corrected chi connectivity index (χ3v) is 3.74. The fourth-order valence-corrected chi connectivity index (χ4v) is 2.65. The first-order chi connectivity index (χ1) is 12.6. The van der Waals surface area contributed by atoms with Crippen molar-refractivity contribution in [2.75, 3.05) is 18.5 Å². The van der Waals surface area contributed by atoms with Crippen LogP contribution >= 0.6 is 0 Å². The zero-order valence-electron chi connectivity index (χ0n) is 14.6. The van der Waals surface area contributed by atoms with Gasteiger partial charge in [0.1, 0.15) is 0 Å². The highest BCUT2D eigenvalue weighted by Crippen LogP contribution is 2.36. The molecule has 0 unspecified atom stereocenters. The van der Waals surface area contributed by atoms with Gasteiger partial charge in [0.05, 0.1) is 23.7 Å². The predicted octanol–water partition coefficient (Wildman–Crippen LogP) is 4.68. The van der Waals surface area contributed by atoms with E-state index < -0.39 is 4.92 Å². The van der Waals surface area contributed by atoms with E-state index >= 15 is 0 Å². The molecule has 3 aromatic rings. The van der Waals surface area contributed by atoms with Gasteiger partial charge in [-0.05, 0) is 32.0 Å². The van der Waals surface area contributed by atoms with E-state index in [0.29, 0.717) is 30.4 Å². The van der Waals surface area contributed by atoms with Crippen LogP contribution in [0.3, 0.4) is 0 Å². The van der Waals surface area contributed by atoms with Gasteiger partial charge in [-0.1, -0.05) is 6.07 Å². The summed E-state index contributed by atoms with van der Waals surface area (Å²) in [6.45, 7) is 4.86. The van der Waals surface area contributed by atoms with Crippen LogP contribution in [0.2, 0.25) is 0 Å². The molecule has 0 saturated carbocycles. The fraction of sp³-hybridized carbons (Fsp3) is 0.211. The second kappa shape index (κ2) is 7.69. The summed E-state index contributed by atoms with van der Waals surface area (Å²) < 4.78 is 11.3. The highest BCUT2D eigenvalue weighted by atomic mass is 16.6. The number of benzene rings is 2. The van der Waals surface area contributed by atoms with Crippen LogP contribution in [0, 0.1) is 10.1 Å². The smallest absolute Gasteiger partial charge is 0.271 e. The van der Waals surface area contributed by atoms with Crippen molar-refractivity contribution >= 4 is 28.0 Å². The van der Waals surface area contributed by atoms with Gasteiger partial charge in [-0.3, -0.25) is 15.1 Å². The van der Waals surface area contributed by atoms with Gasteiger partial charge >= 0.3 is 0 Å². The number of aromatic nitrogens is 1. The van der Waals surface area contributed by atoms with Gasteiger partial charge in [0, 0.05) is 41.2 Å². The molecule has 0 bridgehead atoms. The van der Waals surface area contributed by atoms with Crippen LogP contribution in [0.15, 0.2) is 48.7 Å². The highest BCUT2D eigenvalue weighted by Gasteiger charge is 2.12. The number of nitro benzene ring substituents is 1. The molecule has 7 nitrogen and oxygen atoms in total. The Bertz CT molecular complexity index is 943. The molecule has 0 saturated heterocycles. The van der Waals surface area contributed by atoms with Gasteiger partial charge in [-0.2, -0.15) is 0 Å². The van der Waals surface area contributed by atoms with Gasteiger partial charge in [0.15, 0.2) is 11.5 Å². The van der Waals surface area contributed by atoms with E-state index in [-0.39, 0.29) is 5.69 Å². The molecule has 2 aromatic carbocycles. The molecular weight excluding hydrogens is 334 g/mol. The number of non-ortho nitro benzene ring substituents is 1. The number of hydrogen-bond acceptors (Lipinski definition) is 6. The van der Waals surface area contributed by atoms with Gasteiger partial charge in [0.25, 0.3) is 5.69 Å². The largest absolute Gasteiger partial charge is 0.490 e. The Morgan fingerprint density at radius 1 is 1.08 bits per heavy atom. The number of pyridine rings is 1. The standard InChI is InChI=1S/C19H19N3O4/c1-3-25-18-11-15-16(8-9-20-17(15)12-19(18)26-4-2)21-13-6-5-7-14(10-13)22(23)24/h5-12H,3-4H2,1-2H3,(H,20,21). The number of nitrogens with zero attached hydrogens (tertiary/aromatic N) is 2. The second-order valence-corrected chi connectivity index (χ2v) is 5.47. The molecular formula is C19H19N3O4. The van der Waals surface area contributed by atoms with Crippen molar-refractivity contribution in [3.05, 3.63) is 58.8 Å². The van der Waals surface area contributed by atoms with Crippen LogP contribution in [0.1, 0.15) is 13.8 Å². The predicted molar refractivity (Wildman–Crippen MR) is 100 cm³/mol. The second-order valence-electron chi connectivity index (χ2n) is 5.47. The summed E-state index contributed by atoms with van der Waals surface area (Å²) in [6, 6.07) is 11.9. The van der Waals surface area contributed by atoms with Crippen LogP contribution in [-0.4, -0.2) is 23.1 Å². The van der Waals surface area contributed by atoms with Crippen LogP contribution < -0.4 is 14.8 Å². The Morgan fingerprint density at radius 3 is 2.50 bits per heavy atom. The maximum Gasteiger partial charge on any atom is 0.271 e. The number of rotatable bonds is 7. The lowest BCUT2D eigenvalue weighted by atomic mass is 10.1. The molecule has 0 radical (unpaired) electrons. The van der Waals surface area contributed by atoms with Gasteiger partial charge in [-0.15, -0.1) is 0 Å². The van der Waals surface area contributed by atoms with Gasteiger partial charge < -0.3 is 14.8 Å². The fourth-order valence-electron chi connectivity index (χ4n) is 2.65. The number of nitrogens with one attached hydrogen (secondary N) is 1. The molecule has 3 rings (SSSR count). The summed E-state index contributed by atoms with van der Waals surface area (Å²) in [6.07, 6.45) is 1.68. The monoisotopic (exact) mass is 353 g/mol.